The number of carbonyl (C=O) groups excluding carboxylic acids is 1. The van der Waals surface area contributed by atoms with E-state index in [4.69, 9.17) is 9.47 Å². The highest BCUT2D eigenvalue weighted by Gasteiger charge is 2.13. The maximum absolute atomic E-state index is 12.1. The molecule has 4 nitrogen and oxygen atoms in total. The lowest BCUT2D eigenvalue weighted by molar-refractivity contribution is -0.154. The van der Waals surface area contributed by atoms with Crippen molar-refractivity contribution in [1.29, 1.82) is 0 Å². The normalized spacial score (nSPS) is 12.5. The summed E-state index contributed by atoms with van der Waals surface area (Å²) in [6.45, 7) is 5.31. The average molecular weight is 593 g/mol. The van der Waals surface area contributed by atoms with Crippen LogP contribution in [-0.4, -0.2) is 37.0 Å². The molecule has 1 N–H and O–H groups in total. The first-order valence-electron chi connectivity index (χ1n) is 18.4. The first-order chi connectivity index (χ1) is 20.7. The Hall–Kier alpha value is -1.13. The maximum atomic E-state index is 12.1. The van der Waals surface area contributed by atoms with E-state index in [9.17, 15) is 9.90 Å². The molecule has 248 valence electrons. The van der Waals surface area contributed by atoms with Crippen LogP contribution in [0.25, 0.3) is 0 Å². The Bertz CT molecular complexity index is 586. The fourth-order valence-electron chi connectivity index (χ4n) is 5.24. The molecule has 0 saturated carbocycles. The summed E-state index contributed by atoms with van der Waals surface area (Å²) >= 11 is 0. The average Bonchev–Trinajstić information content (AvgIpc) is 3.00. The molecule has 0 amide bonds. The van der Waals surface area contributed by atoms with Crippen LogP contribution in [0.1, 0.15) is 187 Å². The van der Waals surface area contributed by atoms with Crippen molar-refractivity contribution in [3.8, 4) is 0 Å². The third-order valence-corrected chi connectivity index (χ3v) is 8.03. The second-order valence-electron chi connectivity index (χ2n) is 12.3. The van der Waals surface area contributed by atoms with Gasteiger partial charge in [0.25, 0.3) is 0 Å². The van der Waals surface area contributed by atoms with Crippen molar-refractivity contribution in [2.75, 3.05) is 19.8 Å². The van der Waals surface area contributed by atoms with Gasteiger partial charge in [0.05, 0.1) is 13.2 Å². The topological polar surface area (TPSA) is 55.8 Å². The van der Waals surface area contributed by atoms with E-state index in [1.165, 1.54) is 141 Å². The lowest BCUT2D eigenvalue weighted by atomic mass is 10.1. The van der Waals surface area contributed by atoms with Gasteiger partial charge in [-0.2, -0.15) is 0 Å². The smallest absolute Gasteiger partial charge is 0.306 e. The molecule has 1 atom stereocenters. The highest BCUT2D eigenvalue weighted by molar-refractivity contribution is 5.69. The molecule has 0 radical (unpaired) electrons. The van der Waals surface area contributed by atoms with Crippen LogP contribution >= 0.6 is 0 Å². The fourth-order valence-corrected chi connectivity index (χ4v) is 5.24. The molecule has 0 heterocycles. The van der Waals surface area contributed by atoms with E-state index in [1.54, 1.807) is 0 Å². The molecule has 0 aromatic rings. The number of aliphatic hydroxyl groups excluding tert-OH is 1. The number of unbranched alkanes of at least 4 members (excludes halogenated alkanes) is 22. The monoisotopic (exact) mass is 593 g/mol. The van der Waals surface area contributed by atoms with E-state index in [-0.39, 0.29) is 12.6 Å². The van der Waals surface area contributed by atoms with E-state index in [0.29, 0.717) is 19.6 Å². The van der Waals surface area contributed by atoms with Crippen molar-refractivity contribution < 1.29 is 19.4 Å². The molecule has 4 heteroatoms. The van der Waals surface area contributed by atoms with Gasteiger partial charge in [-0.15, -0.1) is 0 Å². The second kappa shape index (κ2) is 36.1. The fraction of sp³-hybridized carbons (Fsp3) is 0.868. The molecule has 0 bridgehead atoms. The van der Waals surface area contributed by atoms with Crippen LogP contribution < -0.4 is 0 Å². The molecule has 0 aliphatic heterocycles. The van der Waals surface area contributed by atoms with Gasteiger partial charge in [0.2, 0.25) is 0 Å². The molecular formula is C38H72O4. The summed E-state index contributed by atoms with van der Waals surface area (Å²) < 4.78 is 11.1. The molecule has 1 unspecified atom stereocenters. The third kappa shape index (κ3) is 33.4. The Morgan fingerprint density at radius 1 is 0.571 bits per heavy atom. The summed E-state index contributed by atoms with van der Waals surface area (Å²) in [7, 11) is 0. The molecule has 0 aliphatic rings. The zero-order chi connectivity index (χ0) is 30.6. The summed E-state index contributed by atoms with van der Waals surface area (Å²) in [4.78, 5) is 12.1. The van der Waals surface area contributed by atoms with Crippen molar-refractivity contribution in [3.63, 3.8) is 0 Å². The van der Waals surface area contributed by atoms with Gasteiger partial charge >= 0.3 is 5.97 Å². The van der Waals surface area contributed by atoms with Crippen LogP contribution in [0.4, 0.5) is 0 Å². The molecular weight excluding hydrogens is 520 g/mol. The van der Waals surface area contributed by atoms with Crippen LogP contribution in [0.3, 0.4) is 0 Å². The number of allylic oxidation sites excluding steroid dienone is 4. The molecule has 0 saturated heterocycles. The van der Waals surface area contributed by atoms with Gasteiger partial charge in [0, 0.05) is 13.0 Å². The summed E-state index contributed by atoms with van der Waals surface area (Å²) in [6.07, 6.45) is 42.2. The van der Waals surface area contributed by atoms with Crippen LogP contribution in [-0.2, 0) is 14.3 Å². The largest absolute Gasteiger partial charge is 0.457 e. The predicted octanol–water partition coefficient (Wildman–Crippen LogP) is 11.6. The number of esters is 1. The summed E-state index contributed by atoms with van der Waals surface area (Å²) in [5, 5.41) is 9.53. The molecule has 0 spiro atoms. The first kappa shape index (κ1) is 40.9. The molecule has 0 aliphatic carbocycles. The lowest BCUT2D eigenvalue weighted by Gasteiger charge is -2.16. The van der Waals surface area contributed by atoms with Crippen molar-refractivity contribution in [2.24, 2.45) is 0 Å². The van der Waals surface area contributed by atoms with Crippen LogP contribution in [0.2, 0.25) is 0 Å². The molecule has 0 rings (SSSR count). The van der Waals surface area contributed by atoms with Crippen LogP contribution in [0, 0.1) is 0 Å². The standard InChI is InChI=1S/C38H72O4/c1-3-5-7-9-11-13-15-16-17-18-19-20-21-22-23-24-26-28-30-32-34-41-36-37(35-39)42-38(40)33-31-29-27-25-14-12-10-8-6-4-2/h11,13,16-17,37,39H,3-10,12,14-15,18-36H2,1-2H3/b13-11-,17-16-. The molecule has 0 aromatic carbocycles. The highest BCUT2D eigenvalue weighted by atomic mass is 16.6. The zero-order valence-corrected chi connectivity index (χ0v) is 28.3. The van der Waals surface area contributed by atoms with Crippen LogP contribution in [0.15, 0.2) is 24.3 Å². The van der Waals surface area contributed by atoms with E-state index in [1.807, 2.05) is 0 Å². The first-order valence-corrected chi connectivity index (χ1v) is 18.4. The molecule has 42 heavy (non-hydrogen) atoms. The number of ether oxygens (including phenoxy) is 2. The Labute approximate surface area is 262 Å². The Morgan fingerprint density at radius 2 is 1.00 bits per heavy atom. The predicted molar refractivity (Wildman–Crippen MR) is 182 cm³/mol. The number of hydrogen-bond acceptors (Lipinski definition) is 4. The van der Waals surface area contributed by atoms with E-state index in [2.05, 4.69) is 38.2 Å². The van der Waals surface area contributed by atoms with E-state index < -0.39 is 6.10 Å². The van der Waals surface area contributed by atoms with Gasteiger partial charge in [-0.3, -0.25) is 4.79 Å². The molecule has 0 fully saturated rings. The molecule has 0 aromatic heterocycles. The van der Waals surface area contributed by atoms with E-state index >= 15 is 0 Å². The minimum atomic E-state index is -0.529. The van der Waals surface area contributed by atoms with Crippen molar-refractivity contribution >= 4 is 5.97 Å². The third-order valence-electron chi connectivity index (χ3n) is 8.03. The minimum Gasteiger partial charge on any atom is -0.457 e. The van der Waals surface area contributed by atoms with Gasteiger partial charge in [0.1, 0.15) is 6.10 Å². The van der Waals surface area contributed by atoms with Gasteiger partial charge in [0.15, 0.2) is 0 Å². The highest BCUT2D eigenvalue weighted by Crippen LogP contribution is 2.13. The second-order valence-corrected chi connectivity index (χ2v) is 12.3. The minimum absolute atomic E-state index is 0.169. The SMILES string of the molecule is CCCCC/C=C\C/C=C\CCCCCCCCCCCCOCC(CO)OC(=O)CCCCCCCCCCCC. The van der Waals surface area contributed by atoms with Crippen LogP contribution in [0.5, 0.6) is 0 Å². The van der Waals surface area contributed by atoms with Gasteiger partial charge in [-0.1, -0.05) is 160 Å². The maximum Gasteiger partial charge on any atom is 0.306 e. The summed E-state index contributed by atoms with van der Waals surface area (Å²) in [5.74, 6) is -0.203. The number of carbonyl (C=O) groups is 1. The Kier molecular flexibility index (Phi) is 35.1. The van der Waals surface area contributed by atoms with Crippen molar-refractivity contribution in [3.05, 3.63) is 24.3 Å². The van der Waals surface area contributed by atoms with Crippen molar-refractivity contribution in [1.82, 2.24) is 0 Å². The number of aliphatic hydroxyl groups is 1. The number of hydrogen-bond donors (Lipinski definition) is 1. The van der Waals surface area contributed by atoms with Gasteiger partial charge < -0.3 is 14.6 Å². The summed E-state index contributed by atoms with van der Waals surface area (Å²) in [5.41, 5.74) is 0. The Balaban J connectivity index is 3.40. The van der Waals surface area contributed by atoms with E-state index in [0.717, 1.165) is 25.7 Å². The van der Waals surface area contributed by atoms with Crippen molar-refractivity contribution in [2.45, 2.75) is 193 Å². The number of rotatable bonds is 34. The summed E-state index contributed by atoms with van der Waals surface area (Å²) in [6, 6.07) is 0. The zero-order valence-electron chi connectivity index (χ0n) is 28.3. The quantitative estimate of drug-likeness (QED) is 0.0459. The van der Waals surface area contributed by atoms with Gasteiger partial charge in [-0.05, 0) is 44.9 Å². The van der Waals surface area contributed by atoms with Gasteiger partial charge in [-0.25, -0.2) is 0 Å². The Morgan fingerprint density at radius 3 is 1.52 bits per heavy atom. The lowest BCUT2D eigenvalue weighted by Crippen LogP contribution is -2.27.